The molecule has 4 aromatic rings. The second-order valence-corrected chi connectivity index (χ2v) is 9.06. The van der Waals surface area contributed by atoms with E-state index in [-0.39, 0.29) is 12.0 Å². The number of fused-ring (bicyclic) bond motifs is 1. The van der Waals surface area contributed by atoms with Crippen molar-refractivity contribution in [1.29, 1.82) is 0 Å². The minimum atomic E-state index is 0.0327. The van der Waals surface area contributed by atoms with E-state index in [0.29, 0.717) is 0 Å². The lowest BCUT2D eigenvalue weighted by Gasteiger charge is -2.26. The Balaban J connectivity index is 1.51. The van der Waals surface area contributed by atoms with Crippen LogP contribution >= 0.6 is 0 Å². The molecule has 0 saturated carbocycles. The average molecular weight is 463 g/mol. The monoisotopic (exact) mass is 462 g/mol. The van der Waals surface area contributed by atoms with Crippen molar-refractivity contribution in [2.24, 2.45) is 11.0 Å². The predicted molar refractivity (Wildman–Crippen MR) is 146 cm³/mol. The zero-order chi connectivity index (χ0) is 24.4. The van der Waals surface area contributed by atoms with Gasteiger partial charge in [-0.15, -0.1) is 0 Å². The van der Waals surface area contributed by atoms with E-state index in [1.165, 1.54) is 11.3 Å². The minimum Gasteiger partial charge on any atom is -0.497 e. The van der Waals surface area contributed by atoms with Gasteiger partial charge < -0.3 is 9.64 Å². The highest BCUT2D eigenvalue weighted by atomic mass is 16.5. The molecule has 0 bridgehead atoms. The van der Waals surface area contributed by atoms with Gasteiger partial charge in [0.05, 0.1) is 24.4 Å². The molecule has 0 spiro atoms. The molecule has 5 nitrogen and oxygen atoms in total. The van der Waals surface area contributed by atoms with Gasteiger partial charge in [-0.1, -0.05) is 55.5 Å². The van der Waals surface area contributed by atoms with Crippen LogP contribution < -0.4 is 14.6 Å². The van der Waals surface area contributed by atoms with Crippen molar-refractivity contribution in [3.8, 4) is 5.75 Å². The van der Waals surface area contributed by atoms with Crippen molar-refractivity contribution in [2.75, 3.05) is 31.1 Å². The fourth-order valence-electron chi connectivity index (χ4n) is 4.51. The Morgan fingerprint density at radius 1 is 0.857 bits per heavy atom. The summed E-state index contributed by atoms with van der Waals surface area (Å²) < 4.78 is 5.38. The Morgan fingerprint density at radius 3 is 2.31 bits per heavy atom. The average Bonchev–Trinajstić information content (AvgIpc) is 3.23. The molecule has 1 aromatic heterocycles. The Hall–Kier alpha value is -4.12. The molecule has 2 atom stereocenters. The van der Waals surface area contributed by atoms with Crippen LogP contribution in [0, 0.1) is 5.92 Å². The largest absolute Gasteiger partial charge is 0.497 e. The van der Waals surface area contributed by atoms with E-state index in [9.17, 15) is 0 Å². The van der Waals surface area contributed by atoms with E-state index in [1.807, 2.05) is 30.3 Å². The summed E-state index contributed by atoms with van der Waals surface area (Å²) in [6.45, 7) is 2.23. The summed E-state index contributed by atoms with van der Waals surface area (Å²) in [5.74, 6) is 1.86. The highest BCUT2D eigenvalue weighted by Crippen LogP contribution is 2.39. The number of anilines is 2. The number of hydrazone groups is 1. The fourth-order valence-corrected chi connectivity index (χ4v) is 4.51. The van der Waals surface area contributed by atoms with Gasteiger partial charge in [0, 0.05) is 31.1 Å². The number of allylic oxidation sites excluding steroid dienone is 1. The number of methoxy groups -OCH3 is 1. The number of aromatic nitrogens is 1. The number of benzene rings is 3. The number of hydrogen-bond donors (Lipinski definition) is 0. The van der Waals surface area contributed by atoms with Crippen molar-refractivity contribution in [3.63, 3.8) is 0 Å². The van der Waals surface area contributed by atoms with Crippen LogP contribution in [0.25, 0.3) is 17.0 Å². The molecule has 0 fully saturated rings. The summed E-state index contributed by atoms with van der Waals surface area (Å²) in [6.07, 6.45) is 4.27. The van der Waals surface area contributed by atoms with Gasteiger partial charge in [-0.05, 0) is 59.7 Å². The number of pyridine rings is 1. The zero-order valence-electron chi connectivity index (χ0n) is 20.6. The van der Waals surface area contributed by atoms with Crippen molar-refractivity contribution in [1.82, 2.24) is 4.98 Å². The van der Waals surface area contributed by atoms with Gasteiger partial charge >= 0.3 is 0 Å². The van der Waals surface area contributed by atoms with E-state index < -0.39 is 0 Å². The van der Waals surface area contributed by atoms with Gasteiger partial charge in [-0.3, -0.25) is 0 Å². The summed E-state index contributed by atoms with van der Waals surface area (Å²) in [6, 6.07) is 29.2. The molecule has 2 heterocycles. The quantitative estimate of drug-likeness (QED) is 0.325. The molecule has 0 aliphatic carbocycles. The molecule has 0 saturated heterocycles. The molecule has 35 heavy (non-hydrogen) atoms. The van der Waals surface area contributed by atoms with Crippen LogP contribution in [0.5, 0.6) is 5.75 Å². The number of nitrogens with zero attached hydrogens (tertiary/aromatic N) is 4. The summed E-state index contributed by atoms with van der Waals surface area (Å²) >= 11 is 0. The molecule has 1 aliphatic heterocycles. The maximum absolute atomic E-state index is 5.38. The van der Waals surface area contributed by atoms with E-state index in [1.54, 1.807) is 7.11 Å². The Labute approximate surface area is 207 Å². The standard InChI is InChI=1S/C30H30N4O/c1-21-27(19-11-22-9-15-25(16-10-22)33(2)3)32-34(30(21)24-12-17-26(35-4)18-13-24)29-20-14-23-7-5-6-8-28(23)31-29/h5-21,30H,1-4H3. The Bertz CT molecular complexity index is 1370. The molecule has 0 radical (unpaired) electrons. The van der Waals surface area contributed by atoms with Crippen molar-refractivity contribution < 1.29 is 4.74 Å². The highest BCUT2D eigenvalue weighted by molar-refractivity contribution is 6.02. The maximum Gasteiger partial charge on any atom is 0.150 e. The van der Waals surface area contributed by atoms with Crippen LogP contribution in [0.1, 0.15) is 24.1 Å². The van der Waals surface area contributed by atoms with E-state index in [0.717, 1.165) is 33.7 Å². The third-order valence-electron chi connectivity index (χ3n) is 6.56. The molecule has 5 heteroatoms. The van der Waals surface area contributed by atoms with Crippen LogP contribution in [0.2, 0.25) is 0 Å². The topological polar surface area (TPSA) is 41.0 Å². The van der Waals surface area contributed by atoms with E-state index in [4.69, 9.17) is 14.8 Å². The van der Waals surface area contributed by atoms with E-state index in [2.05, 4.69) is 97.7 Å². The summed E-state index contributed by atoms with van der Waals surface area (Å²) in [4.78, 5) is 7.05. The molecule has 3 aromatic carbocycles. The number of rotatable bonds is 6. The molecule has 1 aliphatic rings. The van der Waals surface area contributed by atoms with Crippen LogP contribution in [0.15, 0.2) is 96.1 Å². The Kier molecular flexibility index (Phi) is 6.23. The number of ether oxygens (including phenoxy) is 1. The molecule has 2 unspecified atom stereocenters. The van der Waals surface area contributed by atoms with Crippen LogP contribution in [0.3, 0.4) is 0 Å². The lowest BCUT2D eigenvalue weighted by molar-refractivity contribution is 0.414. The summed E-state index contributed by atoms with van der Waals surface area (Å²) in [5.41, 5.74) is 5.50. The summed E-state index contributed by atoms with van der Waals surface area (Å²) in [5, 5.41) is 8.25. The van der Waals surface area contributed by atoms with E-state index >= 15 is 0 Å². The molecule has 5 rings (SSSR count). The smallest absolute Gasteiger partial charge is 0.150 e. The summed E-state index contributed by atoms with van der Waals surface area (Å²) in [7, 11) is 5.79. The highest BCUT2D eigenvalue weighted by Gasteiger charge is 2.36. The lowest BCUT2D eigenvalue weighted by Crippen LogP contribution is -2.24. The molecule has 0 amide bonds. The Morgan fingerprint density at radius 2 is 1.60 bits per heavy atom. The van der Waals surface area contributed by atoms with Gasteiger partial charge in [0.1, 0.15) is 11.6 Å². The second-order valence-electron chi connectivity index (χ2n) is 9.06. The molecule has 176 valence electrons. The van der Waals surface area contributed by atoms with Gasteiger partial charge in [0.25, 0.3) is 0 Å². The van der Waals surface area contributed by atoms with Gasteiger partial charge in [-0.25, -0.2) is 9.99 Å². The van der Waals surface area contributed by atoms with Crippen LogP contribution in [-0.4, -0.2) is 31.9 Å². The third kappa shape index (κ3) is 4.62. The second kappa shape index (κ2) is 9.63. The van der Waals surface area contributed by atoms with Gasteiger partial charge in [-0.2, -0.15) is 5.10 Å². The molecular formula is C30H30N4O. The van der Waals surface area contributed by atoms with Crippen molar-refractivity contribution in [2.45, 2.75) is 13.0 Å². The SMILES string of the molecule is COc1ccc(C2C(C)C(C=Cc3ccc(N(C)C)cc3)=NN2c2ccc3ccccc3n2)cc1. The third-order valence-corrected chi connectivity index (χ3v) is 6.56. The zero-order valence-corrected chi connectivity index (χ0v) is 20.6. The first-order valence-electron chi connectivity index (χ1n) is 11.9. The minimum absolute atomic E-state index is 0.0327. The predicted octanol–water partition coefficient (Wildman–Crippen LogP) is 6.58. The van der Waals surface area contributed by atoms with Crippen LogP contribution in [0.4, 0.5) is 11.5 Å². The maximum atomic E-state index is 5.38. The molecule has 0 N–H and O–H groups in total. The number of hydrogen-bond acceptors (Lipinski definition) is 5. The lowest BCUT2D eigenvalue weighted by atomic mass is 9.91. The van der Waals surface area contributed by atoms with Gasteiger partial charge in [0.2, 0.25) is 0 Å². The molecular weight excluding hydrogens is 432 g/mol. The normalized spacial score (nSPS) is 17.7. The number of para-hydroxylation sites is 1. The van der Waals surface area contributed by atoms with Gasteiger partial charge in [0.15, 0.2) is 0 Å². The first-order chi connectivity index (χ1) is 17.0. The first-order valence-corrected chi connectivity index (χ1v) is 11.9. The van der Waals surface area contributed by atoms with Crippen LogP contribution in [-0.2, 0) is 0 Å². The first kappa shape index (κ1) is 22.7. The van der Waals surface area contributed by atoms with Crippen molar-refractivity contribution >= 4 is 34.2 Å². The fraction of sp³-hybridized carbons (Fsp3) is 0.200. The van der Waals surface area contributed by atoms with Crippen molar-refractivity contribution in [3.05, 3.63) is 102 Å².